The average Bonchev–Trinajstić information content (AvgIpc) is 4.02. The molecule has 0 aliphatic carbocycles. The molecule has 0 aromatic carbocycles. The molecule has 342 valence electrons. The molecule has 0 saturated carbocycles. The average molecular weight is 952 g/mol. The fraction of sp³-hybridized carbons (Fsp3) is 0.630. The first-order valence-corrected chi connectivity index (χ1v) is 21.8. The quantitative estimate of drug-likeness (QED) is 0.0323. The molecule has 0 radical (unpaired) electrons. The van der Waals surface area contributed by atoms with E-state index in [1.54, 1.807) is 0 Å². The van der Waals surface area contributed by atoms with Crippen LogP contribution in [0, 0.1) is 0 Å². The molecule has 4 unspecified atom stereocenters. The highest BCUT2D eigenvalue weighted by Gasteiger charge is 2.87. The lowest BCUT2D eigenvalue weighted by atomic mass is 10.1. The van der Waals surface area contributed by atoms with Crippen LogP contribution in [0.25, 0.3) is 0 Å². The lowest BCUT2D eigenvalue weighted by Gasteiger charge is -2.25. The third-order valence-corrected chi connectivity index (χ3v) is 12.5. The van der Waals surface area contributed by atoms with Crippen LogP contribution in [0.3, 0.4) is 0 Å². The number of hydrogen-bond donors (Lipinski definition) is 11. The van der Waals surface area contributed by atoms with Crippen LogP contribution < -0.4 is 33.5 Å². The van der Waals surface area contributed by atoms with Crippen molar-refractivity contribution in [3.63, 3.8) is 0 Å². The minimum Gasteiger partial charge on any atom is -0.386 e. The number of aromatic nitrogens is 4. The molecule has 2 aromatic rings. The Balaban J connectivity index is 0.976. The summed E-state index contributed by atoms with van der Waals surface area (Å²) in [6.07, 6.45) is -16.6. The summed E-state index contributed by atoms with van der Waals surface area (Å²) in [5.41, 5.74) is 1.81. The van der Waals surface area contributed by atoms with Crippen LogP contribution in [-0.2, 0) is 65.1 Å². The van der Waals surface area contributed by atoms with Gasteiger partial charge >= 0.3 is 41.3 Å². The fourth-order valence-corrected chi connectivity index (χ4v) is 9.39. The van der Waals surface area contributed by atoms with Gasteiger partial charge in [-0.25, -0.2) is 18.7 Å². The third-order valence-electron chi connectivity index (χ3n) is 10.2. The van der Waals surface area contributed by atoms with Crippen LogP contribution in [0.1, 0.15) is 12.5 Å². The lowest BCUT2D eigenvalue weighted by molar-refractivity contribution is -0.941. The Morgan fingerprint density at radius 2 is 1.35 bits per heavy atom. The van der Waals surface area contributed by atoms with Crippen molar-refractivity contribution in [1.82, 2.24) is 24.4 Å². The van der Waals surface area contributed by atoms with Gasteiger partial charge in [0.2, 0.25) is 0 Å². The van der Waals surface area contributed by atoms with E-state index in [9.17, 15) is 63.1 Å². The zero-order valence-corrected chi connectivity index (χ0v) is 33.4. The molecular formula is C27H36N7O25P3+2. The number of rotatable bonds is 16. The van der Waals surface area contributed by atoms with Gasteiger partial charge in [0.15, 0.2) is 24.7 Å². The molecule has 17 atom stereocenters. The van der Waals surface area contributed by atoms with Crippen LogP contribution in [0.2, 0.25) is 0 Å². The largest absolute Gasteiger partial charge is 0.694 e. The molecular weight excluding hydrogens is 915 g/mol. The van der Waals surface area contributed by atoms with Crippen molar-refractivity contribution >= 4 is 23.9 Å². The number of H-pyrrole nitrogens is 2. The van der Waals surface area contributed by atoms with E-state index in [2.05, 4.69) is 9.84 Å². The molecule has 5 fully saturated rings. The number of nitrogens with one attached hydrogen (secondary N) is 3. The van der Waals surface area contributed by atoms with E-state index < -0.39 is 156 Å². The summed E-state index contributed by atoms with van der Waals surface area (Å²) >= 11 is 0. The second-order valence-corrected chi connectivity index (χ2v) is 17.7. The number of phosphoric acid groups is 2. The van der Waals surface area contributed by atoms with E-state index >= 15 is 0 Å². The van der Waals surface area contributed by atoms with Crippen molar-refractivity contribution in [1.29, 1.82) is 0 Å². The highest BCUT2D eigenvalue weighted by Crippen LogP contribution is 2.58. The minimum absolute atomic E-state index is 0.627. The molecule has 5 saturated heterocycles. The topological polar surface area (TPSA) is 452 Å². The normalized spacial score (nSPS) is 40.2. The molecule has 0 amide bonds. The van der Waals surface area contributed by atoms with Gasteiger partial charge in [-0.3, -0.25) is 51.9 Å². The number of hydrogen-bond acceptors (Lipinski definition) is 24. The molecule has 35 heteroatoms. The molecule has 0 bridgehead atoms. The summed E-state index contributed by atoms with van der Waals surface area (Å²) in [7, 11) is -14.3. The second kappa shape index (κ2) is 16.4. The number of aromatic amines is 2. The second-order valence-electron chi connectivity index (χ2n) is 14.1. The summed E-state index contributed by atoms with van der Waals surface area (Å²) < 4.78 is 80.5. The Morgan fingerprint density at radius 1 is 0.839 bits per heavy atom. The molecule has 8 heterocycles. The van der Waals surface area contributed by atoms with Crippen LogP contribution in [0.15, 0.2) is 56.0 Å². The van der Waals surface area contributed by atoms with Crippen LogP contribution in [0.5, 0.6) is 0 Å². The zero-order chi connectivity index (χ0) is 44.7. The van der Waals surface area contributed by atoms with Gasteiger partial charge < -0.3 is 45.1 Å². The van der Waals surface area contributed by atoms with Crippen molar-refractivity contribution in [2.45, 2.75) is 85.5 Å². The molecule has 8 rings (SSSR count). The predicted molar refractivity (Wildman–Crippen MR) is 186 cm³/mol. The number of phosphoric ester groups is 2. The molecule has 1 spiro atoms. The maximum absolute atomic E-state index is 13.4. The van der Waals surface area contributed by atoms with Gasteiger partial charge in [0, 0.05) is 35.2 Å². The fourth-order valence-electron chi connectivity index (χ4n) is 7.20. The lowest BCUT2D eigenvalue weighted by Crippen LogP contribution is -2.59. The molecule has 62 heavy (non-hydrogen) atoms. The van der Waals surface area contributed by atoms with Crippen LogP contribution in [0.4, 0.5) is 0 Å². The Kier molecular flexibility index (Phi) is 12.0. The summed E-state index contributed by atoms with van der Waals surface area (Å²) in [5.74, 6) is -2.00. The van der Waals surface area contributed by atoms with Crippen molar-refractivity contribution in [2.24, 2.45) is 5.73 Å². The summed E-state index contributed by atoms with van der Waals surface area (Å²) in [5, 5.41) is 46.6. The number of ether oxygens (including phenoxy) is 3. The number of nitrogens with two attached hydrogens (primary N) is 1. The van der Waals surface area contributed by atoms with E-state index in [4.69, 9.17) is 57.5 Å². The summed E-state index contributed by atoms with van der Waals surface area (Å²) in [6, 6.07) is -0.409. The van der Waals surface area contributed by atoms with Gasteiger partial charge in [-0.2, -0.15) is 15.1 Å². The third kappa shape index (κ3) is 8.44. The smallest absolute Gasteiger partial charge is 0.386 e. The zero-order valence-electron chi connectivity index (χ0n) is 30.8. The predicted octanol–water partition coefficient (Wildman–Crippen LogP) is -6.21. The van der Waals surface area contributed by atoms with Gasteiger partial charge in [0.05, 0.1) is 19.4 Å². The number of aliphatic hydroxyl groups is 4. The van der Waals surface area contributed by atoms with E-state index in [1.807, 2.05) is 9.97 Å². The van der Waals surface area contributed by atoms with Crippen molar-refractivity contribution in [2.75, 3.05) is 19.8 Å². The molecule has 2 aromatic heterocycles. The highest BCUT2D eigenvalue weighted by molar-refractivity contribution is 7.47. The van der Waals surface area contributed by atoms with Crippen LogP contribution >= 0.6 is 23.9 Å². The molecule has 12 N–H and O–H groups in total. The van der Waals surface area contributed by atoms with E-state index in [-0.39, 0.29) is 0 Å². The first-order valence-electron chi connectivity index (χ1n) is 17.7. The van der Waals surface area contributed by atoms with Crippen molar-refractivity contribution in [3.05, 3.63) is 78.5 Å². The summed E-state index contributed by atoms with van der Waals surface area (Å²) in [6.45, 7) is -3.03. The molecule has 6 aliphatic rings. The Bertz CT molecular complexity index is 2450. The first-order chi connectivity index (χ1) is 29.1. The Hall–Kier alpha value is -3.18. The van der Waals surface area contributed by atoms with Gasteiger partial charge in [-0.15, -0.1) is 9.42 Å². The minimum atomic E-state index is -5.51. The molecule has 6 aliphatic heterocycles. The highest BCUT2D eigenvalue weighted by atomic mass is 31.2. The van der Waals surface area contributed by atoms with Gasteiger partial charge in [0.1, 0.15) is 49.4 Å². The van der Waals surface area contributed by atoms with Crippen LogP contribution in [-0.4, -0.2) is 152 Å². The standard InChI is InChI=1S/C27H34N7O25P3/c28-13-3-6-34(27(42,31-13)57-34)23-20(39)26(58-59-26)12(54-23)9-51-62(47,48)56-19-11(53-22(17(19)38)33-5-2-15(36)30-25(33)41)8-50-61(45,46)55-18-10(7-49-60(43)44)52-21(16(18)37)32-4-1-14(35)29-24(32)40/h1-6,10-13,16-23,31,37-39,42H,7-9,28H2,(H3-2,29,30,35,36,40,41,43,44,45,46,47,48)/p+2/t10-,11-,12-,13?,16-,17-,18-,19-,20+,21-,22-,23-,27-,34-/m1/s1. The van der Waals surface area contributed by atoms with Crippen molar-refractivity contribution in [3.8, 4) is 0 Å². The monoisotopic (exact) mass is 951 g/mol. The SMILES string of the molecule is NC1C=C[N@+]2([C@@H]3O[C@H](COP(=O)(O)O[C@H]4[C@@H](O)[C@H](n5ccc(=O)[nH]c5=O)O[C@@H]4COP(=O)(O)O[C@H]4[C@@H](O)[C@H](n5ccc(=O)[nH]c5=O)O[C@@H]4CO[P+](=O)O)C4(OO4)[C@H]3O)O[C@]2(O)N1. The van der Waals surface area contributed by atoms with Gasteiger partial charge in [0.25, 0.3) is 23.1 Å². The van der Waals surface area contributed by atoms with E-state index in [1.165, 1.54) is 12.3 Å². The first kappa shape index (κ1) is 45.4. The maximum atomic E-state index is 13.4. The van der Waals surface area contributed by atoms with Gasteiger partial charge in [-0.1, -0.05) is 4.84 Å². The number of nitrogens with zero attached hydrogens (tertiary/aromatic N) is 3. The Morgan fingerprint density at radius 3 is 1.84 bits per heavy atom. The maximum Gasteiger partial charge on any atom is 0.694 e. The molecule has 32 nitrogen and oxygen atoms in total. The van der Waals surface area contributed by atoms with E-state index in [0.717, 1.165) is 24.5 Å². The number of hydroxylamine groups is 3. The summed E-state index contributed by atoms with van der Waals surface area (Å²) in [4.78, 5) is 98.2. The van der Waals surface area contributed by atoms with E-state index in [0.29, 0.717) is 9.13 Å². The number of fused-ring (bicyclic) bond motifs is 1. The van der Waals surface area contributed by atoms with Crippen molar-refractivity contribution < 1.29 is 105 Å². The number of aliphatic hydroxyl groups excluding tert-OH is 3. The number of quaternary nitrogens is 1. The Labute approximate surface area is 342 Å². The van der Waals surface area contributed by atoms with Gasteiger partial charge in [-0.05, 0) is 4.65 Å².